The van der Waals surface area contributed by atoms with Crippen LogP contribution in [0.1, 0.15) is 39.4 Å². The Balaban J connectivity index is 2.36. The molecule has 112 valence electrons. The van der Waals surface area contributed by atoms with Gasteiger partial charge in [-0.15, -0.1) is 0 Å². The third-order valence-electron chi connectivity index (χ3n) is 4.23. The minimum Gasteiger partial charge on any atom is -0.324 e. The molecule has 0 saturated carbocycles. The molecule has 0 radical (unpaired) electrons. The lowest BCUT2D eigenvalue weighted by Crippen LogP contribution is -2.17. The molecule has 0 spiro atoms. The van der Waals surface area contributed by atoms with Crippen molar-refractivity contribution in [1.82, 2.24) is 0 Å². The lowest BCUT2D eigenvalue weighted by Gasteiger charge is -2.21. The van der Waals surface area contributed by atoms with E-state index in [0.717, 1.165) is 11.6 Å². The molecule has 0 bridgehead atoms. The van der Waals surface area contributed by atoms with Gasteiger partial charge >= 0.3 is 0 Å². The van der Waals surface area contributed by atoms with Crippen LogP contribution < -0.4 is 5.73 Å². The molecular formula is C18H21F2N. The van der Waals surface area contributed by atoms with E-state index in [0.29, 0.717) is 12.0 Å². The van der Waals surface area contributed by atoms with Gasteiger partial charge in [-0.1, -0.05) is 12.1 Å². The number of benzene rings is 2. The van der Waals surface area contributed by atoms with Gasteiger partial charge in [-0.2, -0.15) is 0 Å². The van der Waals surface area contributed by atoms with Crippen LogP contribution >= 0.6 is 0 Å². The highest BCUT2D eigenvalue weighted by Gasteiger charge is 2.16. The number of halogens is 2. The van der Waals surface area contributed by atoms with E-state index in [1.54, 1.807) is 6.07 Å². The Bertz CT molecular complexity index is 651. The van der Waals surface area contributed by atoms with Crippen LogP contribution in [0.15, 0.2) is 24.3 Å². The second kappa shape index (κ2) is 5.94. The van der Waals surface area contributed by atoms with Crippen LogP contribution in [0.2, 0.25) is 0 Å². The van der Waals surface area contributed by atoms with E-state index < -0.39 is 11.6 Å². The molecule has 2 aromatic rings. The normalized spacial score (nSPS) is 12.5. The number of aryl methyl sites for hydroxylation is 2. The zero-order valence-electron chi connectivity index (χ0n) is 12.9. The first-order valence-electron chi connectivity index (χ1n) is 7.08. The third kappa shape index (κ3) is 3.13. The van der Waals surface area contributed by atoms with Crippen molar-refractivity contribution in [2.45, 2.75) is 40.2 Å². The van der Waals surface area contributed by atoms with Crippen molar-refractivity contribution in [2.24, 2.45) is 5.73 Å². The van der Waals surface area contributed by atoms with Crippen LogP contribution in [0.3, 0.4) is 0 Å². The molecule has 1 nitrogen and oxygen atoms in total. The maximum absolute atomic E-state index is 13.3. The Hall–Kier alpha value is -1.74. The van der Waals surface area contributed by atoms with Gasteiger partial charge in [0, 0.05) is 6.04 Å². The Morgan fingerprint density at radius 3 is 2.00 bits per heavy atom. The van der Waals surface area contributed by atoms with Crippen LogP contribution in [0.4, 0.5) is 8.78 Å². The largest absolute Gasteiger partial charge is 0.324 e. The number of hydrogen-bond donors (Lipinski definition) is 1. The van der Waals surface area contributed by atoms with E-state index in [1.807, 2.05) is 0 Å². The molecule has 3 heteroatoms. The highest BCUT2D eigenvalue weighted by Crippen LogP contribution is 2.28. The first kappa shape index (κ1) is 15.6. The monoisotopic (exact) mass is 289 g/mol. The molecule has 1 unspecified atom stereocenters. The summed E-state index contributed by atoms with van der Waals surface area (Å²) in [6.07, 6.45) is 0.488. The first-order valence-corrected chi connectivity index (χ1v) is 7.08. The number of nitrogens with two attached hydrogens (primary N) is 1. The molecule has 0 aliphatic carbocycles. The Morgan fingerprint density at radius 2 is 1.48 bits per heavy atom. The van der Waals surface area contributed by atoms with Gasteiger partial charge in [0.1, 0.15) is 0 Å². The SMILES string of the molecule is Cc1cc(C)c(C)c(C(N)Cc2ccc(F)c(F)c2)c1C. The Kier molecular flexibility index (Phi) is 4.43. The highest BCUT2D eigenvalue weighted by atomic mass is 19.2. The van der Waals surface area contributed by atoms with Crippen LogP contribution in [-0.4, -0.2) is 0 Å². The van der Waals surface area contributed by atoms with Crippen LogP contribution in [0, 0.1) is 39.3 Å². The predicted molar refractivity (Wildman–Crippen MR) is 82.4 cm³/mol. The van der Waals surface area contributed by atoms with Crippen molar-refractivity contribution < 1.29 is 8.78 Å². The van der Waals surface area contributed by atoms with Crippen molar-refractivity contribution in [1.29, 1.82) is 0 Å². The fraction of sp³-hybridized carbons (Fsp3) is 0.333. The Morgan fingerprint density at radius 1 is 0.905 bits per heavy atom. The van der Waals surface area contributed by atoms with E-state index in [-0.39, 0.29) is 6.04 Å². The molecule has 0 aliphatic heterocycles. The molecule has 0 fully saturated rings. The van der Waals surface area contributed by atoms with E-state index in [4.69, 9.17) is 5.73 Å². The maximum atomic E-state index is 13.3. The fourth-order valence-corrected chi connectivity index (χ4v) is 2.83. The molecule has 2 rings (SSSR count). The summed E-state index contributed by atoms with van der Waals surface area (Å²) in [5.74, 6) is -1.65. The molecule has 2 aromatic carbocycles. The second-order valence-corrected chi connectivity index (χ2v) is 5.73. The van der Waals surface area contributed by atoms with Gasteiger partial charge in [0.15, 0.2) is 11.6 Å². The summed E-state index contributed by atoms with van der Waals surface area (Å²) < 4.78 is 26.3. The average molecular weight is 289 g/mol. The average Bonchev–Trinajstić information content (AvgIpc) is 2.41. The summed E-state index contributed by atoms with van der Waals surface area (Å²) in [7, 11) is 0. The predicted octanol–water partition coefficient (Wildman–Crippen LogP) is 4.44. The van der Waals surface area contributed by atoms with Crippen molar-refractivity contribution in [2.75, 3.05) is 0 Å². The summed E-state index contributed by atoms with van der Waals surface area (Å²) in [6, 6.07) is 5.89. The van der Waals surface area contributed by atoms with Gasteiger partial charge in [0.05, 0.1) is 0 Å². The van der Waals surface area contributed by atoms with Gasteiger partial charge < -0.3 is 5.73 Å². The van der Waals surface area contributed by atoms with Crippen LogP contribution in [0.5, 0.6) is 0 Å². The fourth-order valence-electron chi connectivity index (χ4n) is 2.83. The molecule has 21 heavy (non-hydrogen) atoms. The van der Waals surface area contributed by atoms with Crippen molar-refractivity contribution >= 4 is 0 Å². The minimum atomic E-state index is -0.828. The molecule has 0 aromatic heterocycles. The summed E-state index contributed by atoms with van der Waals surface area (Å²) in [5.41, 5.74) is 12.9. The van der Waals surface area contributed by atoms with Crippen molar-refractivity contribution in [3.05, 3.63) is 69.3 Å². The summed E-state index contributed by atoms with van der Waals surface area (Å²) >= 11 is 0. The standard InChI is InChI=1S/C18H21F2N/c1-10-7-11(2)13(4)18(12(10)3)17(21)9-14-5-6-15(19)16(20)8-14/h5-8,17H,9,21H2,1-4H3. The molecule has 2 N–H and O–H groups in total. The molecule has 0 saturated heterocycles. The zero-order chi connectivity index (χ0) is 15.7. The quantitative estimate of drug-likeness (QED) is 0.888. The van der Waals surface area contributed by atoms with Crippen LogP contribution in [0.25, 0.3) is 0 Å². The number of rotatable bonds is 3. The molecule has 0 amide bonds. The summed E-state index contributed by atoms with van der Waals surface area (Å²) in [5, 5.41) is 0. The smallest absolute Gasteiger partial charge is 0.159 e. The van der Waals surface area contributed by atoms with Gasteiger partial charge in [0.25, 0.3) is 0 Å². The summed E-state index contributed by atoms with van der Waals surface area (Å²) in [6.45, 7) is 8.25. The van der Waals surface area contributed by atoms with E-state index in [9.17, 15) is 8.78 Å². The van der Waals surface area contributed by atoms with Crippen LogP contribution in [-0.2, 0) is 6.42 Å². The molecule has 0 aliphatic rings. The number of hydrogen-bond acceptors (Lipinski definition) is 1. The van der Waals surface area contributed by atoms with E-state index >= 15 is 0 Å². The van der Waals surface area contributed by atoms with Gasteiger partial charge in [-0.25, -0.2) is 8.78 Å². The lowest BCUT2D eigenvalue weighted by molar-refractivity contribution is 0.506. The molecular weight excluding hydrogens is 268 g/mol. The topological polar surface area (TPSA) is 26.0 Å². The third-order valence-corrected chi connectivity index (χ3v) is 4.23. The van der Waals surface area contributed by atoms with E-state index in [1.165, 1.54) is 28.3 Å². The van der Waals surface area contributed by atoms with E-state index in [2.05, 4.69) is 33.8 Å². The lowest BCUT2D eigenvalue weighted by atomic mass is 9.87. The zero-order valence-corrected chi connectivity index (χ0v) is 12.9. The van der Waals surface area contributed by atoms with Gasteiger partial charge in [-0.05, 0) is 79.6 Å². The molecule has 1 atom stereocenters. The maximum Gasteiger partial charge on any atom is 0.159 e. The highest BCUT2D eigenvalue weighted by molar-refractivity contribution is 5.46. The Labute approximate surface area is 124 Å². The summed E-state index contributed by atoms with van der Waals surface area (Å²) in [4.78, 5) is 0. The van der Waals surface area contributed by atoms with Gasteiger partial charge in [-0.3, -0.25) is 0 Å². The van der Waals surface area contributed by atoms with Crippen molar-refractivity contribution in [3.63, 3.8) is 0 Å². The second-order valence-electron chi connectivity index (χ2n) is 5.73. The minimum absolute atomic E-state index is 0.228. The first-order chi connectivity index (χ1) is 9.81. The molecule has 0 heterocycles. The van der Waals surface area contributed by atoms with Crippen molar-refractivity contribution in [3.8, 4) is 0 Å². The van der Waals surface area contributed by atoms with Gasteiger partial charge in [0.2, 0.25) is 0 Å².